The number of benzene rings is 2. The number of thioether (sulfide) groups is 1. The first-order chi connectivity index (χ1) is 12.5. The first kappa shape index (κ1) is 19.5. The molecule has 2 rings (SSSR count). The highest BCUT2D eigenvalue weighted by molar-refractivity contribution is 8.00. The van der Waals surface area contributed by atoms with E-state index in [9.17, 15) is 14.4 Å². The molecule has 0 saturated heterocycles. The molecule has 0 bridgehead atoms. The molecule has 7 nitrogen and oxygen atoms in total. The molecule has 0 spiro atoms. The fourth-order valence-corrected chi connectivity index (χ4v) is 2.74. The van der Waals surface area contributed by atoms with Crippen LogP contribution in [0.5, 0.6) is 0 Å². The summed E-state index contributed by atoms with van der Waals surface area (Å²) in [7, 11) is 0. The van der Waals surface area contributed by atoms with Gasteiger partial charge >= 0.3 is 5.97 Å². The first-order valence-corrected chi connectivity index (χ1v) is 8.65. The van der Waals surface area contributed by atoms with E-state index in [-0.39, 0.29) is 17.9 Å². The van der Waals surface area contributed by atoms with Crippen LogP contribution >= 0.6 is 11.8 Å². The van der Waals surface area contributed by atoms with Gasteiger partial charge in [0.2, 0.25) is 5.91 Å². The van der Waals surface area contributed by atoms with Crippen LogP contribution in [0.3, 0.4) is 0 Å². The number of nitrogens with two attached hydrogens (primary N) is 1. The summed E-state index contributed by atoms with van der Waals surface area (Å²) in [6.45, 7) is -0.569. The van der Waals surface area contributed by atoms with Crippen molar-refractivity contribution in [3.63, 3.8) is 0 Å². The van der Waals surface area contributed by atoms with Gasteiger partial charge in [-0.25, -0.2) is 4.79 Å². The van der Waals surface area contributed by atoms with Crippen molar-refractivity contribution in [1.29, 1.82) is 0 Å². The molecule has 0 aromatic heterocycles. The van der Waals surface area contributed by atoms with Crippen LogP contribution in [0, 0.1) is 0 Å². The number of carbonyl (C=O) groups is 3. The maximum atomic E-state index is 12.0. The van der Waals surface area contributed by atoms with Gasteiger partial charge in [-0.1, -0.05) is 24.3 Å². The molecule has 2 amide bonds. The molecule has 0 fully saturated rings. The standard InChI is InChI=1S/C18H18N2O5S/c19-16(22)11-26-15-4-2-1-3-14(15)20-17(23)10-25-18(24)13-7-5-12(9-21)6-8-13/h1-8,21H,9-11H2,(H2,19,22)(H,20,23). The molecule has 0 aliphatic heterocycles. The number of rotatable bonds is 8. The molecule has 2 aromatic rings. The van der Waals surface area contributed by atoms with Gasteiger partial charge in [0.15, 0.2) is 6.61 Å². The predicted molar refractivity (Wildman–Crippen MR) is 97.6 cm³/mol. The molecular formula is C18H18N2O5S. The third-order valence-electron chi connectivity index (χ3n) is 3.24. The van der Waals surface area contributed by atoms with E-state index in [2.05, 4.69) is 5.32 Å². The zero-order valence-corrected chi connectivity index (χ0v) is 14.6. The van der Waals surface area contributed by atoms with E-state index in [1.807, 2.05) is 0 Å². The largest absolute Gasteiger partial charge is 0.452 e. The number of nitrogens with one attached hydrogen (secondary N) is 1. The second kappa shape index (κ2) is 9.59. The summed E-state index contributed by atoms with van der Waals surface area (Å²) in [5, 5.41) is 11.6. The molecule has 0 radical (unpaired) electrons. The third-order valence-corrected chi connectivity index (χ3v) is 4.33. The minimum atomic E-state index is -0.638. The Hall–Kier alpha value is -2.84. The van der Waals surface area contributed by atoms with Crippen molar-refractivity contribution in [2.45, 2.75) is 11.5 Å². The van der Waals surface area contributed by atoms with Crippen molar-refractivity contribution in [3.8, 4) is 0 Å². The average molecular weight is 374 g/mol. The Balaban J connectivity index is 1.90. The van der Waals surface area contributed by atoms with E-state index in [1.165, 1.54) is 23.9 Å². The van der Waals surface area contributed by atoms with Crippen LogP contribution in [0.15, 0.2) is 53.4 Å². The number of primary amides is 1. The van der Waals surface area contributed by atoms with Crippen LogP contribution in [0.1, 0.15) is 15.9 Å². The zero-order chi connectivity index (χ0) is 18.9. The number of hydrogen-bond acceptors (Lipinski definition) is 6. The molecule has 0 aliphatic carbocycles. The molecule has 0 saturated carbocycles. The van der Waals surface area contributed by atoms with Crippen LogP contribution in [0.4, 0.5) is 5.69 Å². The summed E-state index contributed by atoms with van der Waals surface area (Å²) < 4.78 is 4.98. The summed E-state index contributed by atoms with van der Waals surface area (Å²) in [6.07, 6.45) is 0. The Bertz CT molecular complexity index is 792. The topological polar surface area (TPSA) is 119 Å². The van der Waals surface area contributed by atoms with Gasteiger partial charge in [0.25, 0.3) is 5.91 Å². The molecule has 4 N–H and O–H groups in total. The van der Waals surface area contributed by atoms with Gasteiger partial charge in [-0.2, -0.15) is 0 Å². The van der Waals surface area contributed by atoms with Gasteiger partial charge < -0.3 is 20.9 Å². The monoisotopic (exact) mass is 374 g/mol. The number of ether oxygens (including phenoxy) is 1. The molecule has 26 heavy (non-hydrogen) atoms. The molecule has 0 aliphatic rings. The third kappa shape index (κ3) is 5.91. The zero-order valence-electron chi connectivity index (χ0n) is 13.8. The molecule has 8 heteroatoms. The van der Waals surface area contributed by atoms with Gasteiger partial charge in [-0.3, -0.25) is 9.59 Å². The Morgan fingerprint density at radius 3 is 2.42 bits per heavy atom. The second-order valence-electron chi connectivity index (χ2n) is 5.23. The minimum absolute atomic E-state index is 0.0890. The highest BCUT2D eigenvalue weighted by atomic mass is 32.2. The summed E-state index contributed by atoms with van der Waals surface area (Å²) in [5.41, 5.74) is 6.59. The smallest absolute Gasteiger partial charge is 0.338 e. The van der Waals surface area contributed by atoms with Crippen LogP contribution in [0.25, 0.3) is 0 Å². The molecule has 0 atom stereocenters. The van der Waals surface area contributed by atoms with Crippen molar-refractivity contribution >= 4 is 35.2 Å². The van der Waals surface area contributed by atoms with Crippen LogP contribution in [-0.2, 0) is 20.9 Å². The van der Waals surface area contributed by atoms with Gasteiger partial charge in [-0.05, 0) is 29.8 Å². The second-order valence-corrected chi connectivity index (χ2v) is 6.25. The predicted octanol–water partition coefficient (Wildman–Crippen LogP) is 1.55. The summed E-state index contributed by atoms with van der Waals surface area (Å²) in [5.74, 6) is -1.51. The normalized spacial score (nSPS) is 10.2. The number of aliphatic hydroxyl groups excluding tert-OH is 1. The molecule has 0 unspecified atom stereocenters. The summed E-state index contributed by atoms with van der Waals surface area (Å²) in [4.78, 5) is 35.5. The Labute approximate surface area is 154 Å². The van der Waals surface area contributed by atoms with Crippen molar-refractivity contribution in [1.82, 2.24) is 0 Å². The number of esters is 1. The number of hydrogen-bond donors (Lipinski definition) is 3. The number of carbonyl (C=O) groups excluding carboxylic acids is 3. The Morgan fingerprint density at radius 2 is 1.77 bits per heavy atom. The quantitative estimate of drug-likeness (QED) is 0.476. The number of amides is 2. The van der Waals surface area contributed by atoms with Gasteiger partial charge in [0, 0.05) is 4.90 Å². The van der Waals surface area contributed by atoms with Crippen LogP contribution < -0.4 is 11.1 Å². The first-order valence-electron chi connectivity index (χ1n) is 7.66. The van der Waals surface area contributed by atoms with E-state index in [1.54, 1.807) is 36.4 Å². The maximum Gasteiger partial charge on any atom is 0.338 e. The molecular weight excluding hydrogens is 356 g/mol. The van der Waals surface area contributed by atoms with Crippen molar-refractivity contribution in [2.24, 2.45) is 5.73 Å². The summed E-state index contributed by atoms with van der Waals surface area (Å²) >= 11 is 1.20. The highest BCUT2D eigenvalue weighted by Crippen LogP contribution is 2.26. The SMILES string of the molecule is NC(=O)CSc1ccccc1NC(=O)COC(=O)c1ccc(CO)cc1. The van der Waals surface area contributed by atoms with E-state index < -0.39 is 24.4 Å². The lowest BCUT2D eigenvalue weighted by atomic mass is 10.1. The Kier molecular flexibility index (Phi) is 7.19. The van der Waals surface area contributed by atoms with E-state index in [4.69, 9.17) is 15.6 Å². The lowest BCUT2D eigenvalue weighted by molar-refractivity contribution is -0.119. The van der Waals surface area contributed by atoms with Crippen molar-refractivity contribution in [2.75, 3.05) is 17.7 Å². The van der Waals surface area contributed by atoms with Gasteiger partial charge in [0.1, 0.15) is 0 Å². The number of para-hydroxylation sites is 1. The Morgan fingerprint density at radius 1 is 1.08 bits per heavy atom. The molecule has 136 valence electrons. The van der Waals surface area contributed by atoms with E-state index in [0.29, 0.717) is 16.1 Å². The van der Waals surface area contributed by atoms with Gasteiger partial charge in [-0.15, -0.1) is 11.8 Å². The van der Waals surface area contributed by atoms with E-state index >= 15 is 0 Å². The van der Waals surface area contributed by atoms with Crippen LogP contribution in [0.2, 0.25) is 0 Å². The van der Waals surface area contributed by atoms with Crippen molar-refractivity contribution < 1.29 is 24.2 Å². The molecule has 2 aromatic carbocycles. The van der Waals surface area contributed by atoms with E-state index in [0.717, 1.165) is 0 Å². The van der Waals surface area contributed by atoms with Crippen molar-refractivity contribution in [3.05, 3.63) is 59.7 Å². The summed E-state index contributed by atoms with van der Waals surface area (Å²) in [6, 6.07) is 13.2. The fraction of sp³-hybridized carbons (Fsp3) is 0.167. The lowest BCUT2D eigenvalue weighted by Crippen LogP contribution is -2.21. The minimum Gasteiger partial charge on any atom is -0.452 e. The van der Waals surface area contributed by atoms with Gasteiger partial charge in [0.05, 0.1) is 23.6 Å². The lowest BCUT2D eigenvalue weighted by Gasteiger charge is -2.10. The maximum absolute atomic E-state index is 12.0. The number of aliphatic hydroxyl groups is 1. The number of anilines is 1. The highest BCUT2D eigenvalue weighted by Gasteiger charge is 2.12. The molecule has 0 heterocycles. The average Bonchev–Trinajstić information content (AvgIpc) is 2.65. The van der Waals surface area contributed by atoms with Crippen LogP contribution in [-0.4, -0.2) is 35.2 Å². The fourth-order valence-electron chi connectivity index (χ4n) is 1.99.